The summed E-state index contributed by atoms with van der Waals surface area (Å²) in [5.41, 5.74) is 0.708. The molecule has 0 spiro atoms. The van der Waals surface area contributed by atoms with Crippen LogP contribution in [0.2, 0.25) is 0 Å². The number of benzene rings is 1. The van der Waals surface area contributed by atoms with Crippen LogP contribution in [0.4, 0.5) is 10.5 Å². The van der Waals surface area contributed by atoms with Crippen molar-refractivity contribution in [1.29, 1.82) is 0 Å². The van der Waals surface area contributed by atoms with E-state index in [1.54, 1.807) is 31.2 Å². The monoisotopic (exact) mass is 335 g/mol. The van der Waals surface area contributed by atoms with Crippen LogP contribution < -0.4 is 9.64 Å². The van der Waals surface area contributed by atoms with Gasteiger partial charge in [-0.2, -0.15) is 0 Å². The van der Waals surface area contributed by atoms with Crippen molar-refractivity contribution in [3.05, 3.63) is 24.3 Å². The van der Waals surface area contributed by atoms with Crippen molar-refractivity contribution in [3.8, 4) is 5.75 Å². The number of esters is 1. The summed E-state index contributed by atoms with van der Waals surface area (Å²) in [7, 11) is 0. The predicted molar refractivity (Wildman–Crippen MR) is 85.2 cm³/mol. The van der Waals surface area contributed by atoms with Gasteiger partial charge in [-0.05, 0) is 44.0 Å². The molecule has 2 saturated heterocycles. The number of carbonyl (C=O) groups excluding carboxylic acids is 2. The number of anilines is 1. The third-order valence-electron chi connectivity index (χ3n) is 4.02. The van der Waals surface area contributed by atoms with Gasteiger partial charge in [-0.1, -0.05) is 0 Å². The summed E-state index contributed by atoms with van der Waals surface area (Å²) in [4.78, 5) is 25.1. The lowest BCUT2D eigenvalue weighted by Gasteiger charge is -2.16. The van der Waals surface area contributed by atoms with Crippen LogP contribution in [0.25, 0.3) is 0 Å². The van der Waals surface area contributed by atoms with Crippen LogP contribution >= 0.6 is 0 Å². The third kappa shape index (κ3) is 4.04. The fourth-order valence-corrected chi connectivity index (χ4v) is 2.62. The van der Waals surface area contributed by atoms with Crippen molar-refractivity contribution in [2.45, 2.75) is 32.0 Å². The van der Waals surface area contributed by atoms with Gasteiger partial charge in [0.1, 0.15) is 12.4 Å². The van der Waals surface area contributed by atoms with E-state index in [4.69, 9.17) is 18.9 Å². The Balaban J connectivity index is 1.49. The molecule has 2 aliphatic heterocycles. The highest BCUT2D eigenvalue weighted by molar-refractivity contribution is 5.89. The van der Waals surface area contributed by atoms with Crippen molar-refractivity contribution in [2.75, 3.05) is 31.3 Å². The highest BCUT2D eigenvalue weighted by Crippen LogP contribution is 2.22. The van der Waals surface area contributed by atoms with Crippen LogP contribution in [-0.4, -0.2) is 50.6 Å². The Kier molecular flexibility index (Phi) is 5.32. The molecule has 1 aromatic carbocycles. The van der Waals surface area contributed by atoms with E-state index < -0.39 is 12.1 Å². The van der Waals surface area contributed by atoms with Gasteiger partial charge in [-0.25, -0.2) is 9.59 Å². The van der Waals surface area contributed by atoms with Crippen LogP contribution in [0.1, 0.15) is 19.8 Å². The van der Waals surface area contributed by atoms with E-state index in [-0.39, 0.29) is 12.2 Å². The first-order valence-corrected chi connectivity index (χ1v) is 8.13. The minimum atomic E-state index is -0.664. The average Bonchev–Trinajstić information content (AvgIpc) is 3.25. The van der Waals surface area contributed by atoms with Gasteiger partial charge < -0.3 is 18.9 Å². The van der Waals surface area contributed by atoms with E-state index in [0.29, 0.717) is 31.2 Å². The molecule has 7 nitrogen and oxygen atoms in total. The molecule has 2 atom stereocenters. The van der Waals surface area contributed by atoms with Gasteiger partial charge in [0.05, 0.1) is 19.3 Å². The Labute approximate surface area is 140 Å². The number of hydrogen-bond donors (Lipinski definition) is 0. The summed E-state index contributed by atoms with van der Waals surface area (Å²) >= 11 is 0. The second-order valence-electron chi connectivity index (χ2n) is 5.79. The van der Waals surface area contributed by atoms with Gasteiger partial charge in [-0.15, -0.1) is 0 Å². The normalized spacial score (nSPS) is 21.6. The summed E-state index contributed by atoms with van der Waals surface area (Å²) in [6.07, 6.45) is 1.03. The van der Waals surface area contributed by atoms with E-state index >= 15 is 0 Å². The molecule has 1 amide bonds. The third-order valence-corrected chi connectivity index (χ3v) is 4.02. The molecule has 24 heavy (non-hydrogen) atoms. The van der Waals surface area contributed by atoms with Gasteiger partial charge >= 0.3 is 12.1 Å². The van der Waals surface area contributed by atoms with Crippen molar-refractivity contribution in [1.82, 2.24) is 0 Å². The molecule has 0 aromatic heterocycles. The highest BCUT2D eigenvalue weighted by Gasteiger charge is 2.24. The van der Waals surface area contributed by atoms with Gasteiger partial charge in [-0.3, -0.25) is 4.90 Å². The minimum Gasteiger partial charge on any atom is -0.447 e. The Morgan fingerprint density at radius 1 is 1.33 bits per heavy atom. The molecule has 0 saturated carbocycles. The molecule has 2 fully saturated rings. The molecule has 2 heterocycles. The van der Waals surface area contributed by atoms with Crippen LogP contribution in [-0.2, 0) is 19.0 Å². The fourth-order valence-electron chi connectivity index (χ4n) is 2.62. The largest absolute Gasteiger partial charge is 0.447 e. The summed E-state index contributed by atoms with van der Waals surface area (Å²) in [5, 5.41) is 0. The van der Waals surface area contributed by atoms with Crippen molar-refractivity contribution >= 4 is 17.7 Å². The Bertz CT molecular complexity index is 581. The van der Waals surface area contributed by atoms with Gasteiger partial charge in [0.15, 0.2) is 6.10 Å². The Hall–Kier alpha value is -2.12. The minimum absolute atomic E-state index is 0.0692. The molecule has 3 rings (SSSR count). The van der Waals surface area contributed by atoms with Crippen molar-refractivity contribution in [3.63, 3.8) is 0 Å². The zero-order valence-corrected chi connectivity index (χ0v) is 13.6. The van der Waals surface area contributed by atoms with Gasteiger partial charge in [0.2, 0.25) is 0 Å². The molecule has 2 aliphatic rings. The fraction of sp³-hybridized carbons (Fsp3) is 0.529. The smallest absolute Gasteiger partial charge is 0.414 e. The standard InChI is InChI=1S/C17H21NO6/c1-12(23-11-15-3-2-9-21-15)16(19)24-14-6-4-13(5-7-14)18-8-10-22-17(18)20/h4-7,12,15H,2-3,8-11H2,1H3/t12-,15-/m1/s1. The average molecular weight is 335 g/mol. The molecule has 1 aromatic rings. The first-order valence-electron chi connectivity index (χ1n) is 8.13. The SMILES string of the molecule is C[C@@H](OC[C@H]1CCCO1)C(=O)Oc1ccc(N2CCOC2=O)cc1. The number of cyclic esters (lactones) is 1. The molecule has 0 aliphatic carbocycles. The van der Waals surface area contributed by atoms with Crippen LogP contribution in [0.5, 0.6) is 5.75 Å². The maximum atomic E-state index is 12.0. The van der Waals surface area contributed by atoms with E-state index in [2.05, 4.69) is 0 Å². The van der Waals surface area contributed by atoms with Crippen molar-refractivity contribution in [2.24, 2.45) is 0 Å². The quantitative estimate of drug-likeness (QED) is 0.586. The molecular formula is C17H21NO6. The maximum Gasteiger partial charge on any atom is 0.414 e. The topological polar surface area (TPSA) is 74.3 Å². The molecule has 0 N–H and O–H groups in total. The summed E-state index contributed by atoms with van der Waals surface area (Å²) < 4.78 is 21.1. The van der Waals surface area contributed by atoms with Gasteiger partial charge in [0.25, 0.3) is 0 Å². The highest BCUT2D eigenvalue weighted by atomic mass is 16.6. The first kappa shape index (κ1) is 16.7. The first-order chi connectivity index (χ1) is 11.6. The van der Waals surface area contributed by atoms with Crippen LogP contribution in [0.15, 0.2) is 24.3 Å². The number of rotatable bonds is 6. The zero-order chi connectivity index (χ0) is 16.9. The number of hydrogen-bond acceptors (Lipinski definition) is 6. The molecule has 7 heteroatoms. The van der Waals surface area contributed by atoms with Gasteiger partial charge in [0, 0.05) is 12.3 Å². The lowest BCUT2D eigenvalue weighted by atomic mass is 10.2. The zero-order valence-electron chi connectivity index (χ0n) is 13.6. The Morgan fingerprint density at radius 2 is 2.12 bits per heavy atom. The van der Waals surface area contributed by atoms with E-state index in [1.807, 2.05) is 0 Å². The molecule has 0 radical (unpaired) electrons. The number of ether oxygens (including phenoxy) is 4. The Morgan fingerprint density at radius 3 is 2.75 bits per heavy atom. The summed E-state index contributed by atoms with van der Waals surface area (Å²) in [6.45, 7) is 3.71. The molecule has 0 bridgehead atoms. The van der Waals surface area contributed by atoms with E-state index in [1.165, 1.54) is 4.90 Å². The predicted octanol–water partition coefficient (Wildman–Crippen LogP) is 2.13. The molecule has 0 unspecified atom stereocenters. The second-order valence-corrected chi connectivity index (χ2v) is 5.79. The lowest BCUT2D eigenvalue weighted by molar-refractivity contribution is -0.148. The number of nitrogens with zero attached hydrogens (tertiary/aromatic N) is 1. The maximum absolute atomic E-state index is 12.0. The molecule has 130 valence electrons. The van der Waals surface area contributed by atoms with Crippen LogP contribution in [0.3, 0.4) is 0 Å². The van der Waals surface area contributed by atoms with E-state index in [0.717, 1.165) is 19.4 Å². The summed E-state index contributed by atoms with van der Waals surface area (Å²) in [6, 6.07) is 6.72. The number of carbonyl (C=O) groups is 2. The summed E-state index contributed by atoms with van der Waals surface area (Å²) in [5.74, 6) is -0.0507. The van der Waals surface area contributed by atoms with E-state index in [9.17, 15) is 9.59 Å². The molecular weight excluding hydrogens is 314 g/mol. The lowest BCUT2D eigenvalue weighted by Crippen LogP contribution is -2.29. The van der Waals surface area contributed by atoms with Crippen molar-refractivity contribution < 1.29 is 28.5 Å². The van der Waals surface area contributed by atoms with Crippen LogP contribution in [0, 0.1) is 0 Å². The second kappa shape index (κ2) is 7.63. The number of amides is 1.